The maximum absolute atomic E-state index is 12.6. The van der Waals surface area contributed by atoms with E-state index in [1.165, 1.54) is 0 Å². The number of hydrogen-bond donors (Lipinski definition) is 1. The number of benzene rings is 1. The van der Waals surface area contributed by atoms with Crippen molar-refractivity contribution in [3.63, 3.8) is 0 Å². The highest BCUT2D eigenvalue weighted by molar-refractivity contribution is 6.31. The molecule has 1 heterocycles. The first-order valence-electron chi connectivity index (χ1n) is 7.41. The fourth-order valence-corrected chi connectivity index (χ4v) is 3.07. The van der Waals surface area contributed by atoms with Crippen LogP contribution in [0.3, 0.4) is 0 Å². The molecule has 2 amide bonds. The maximum atomic E-state index is 12.6. The van der Waals surface area contributed by atoms with Crippen LogP contribution in [0.25, 0.3) is 0 Å². The van der Waals surface area contributed by atoms with Gasteiger partial charge in [-0.05, 0) is 37.0 Å². The summed E-state index contributed by atoms with van der Waals surface area (Å²) in [6, 6.07) is 5.19. The fraction of sp³-hybridized carbons (Fsp3) is 0.500. The van der Waals surface area contributed by atoms with Gasteiger partial charge in [0.2, 0.25) is 11.8 Å². The Morgan fingerprint density at radius 3 is 2.82 bits per heavy atom. The first-order chi connectivity index (χ1) is 10.5. The second-order valence-electron chi connectivity index (χ2n) is 5.54. The van der Waals surface area contributed by atoms with Gasteiger partial charge in [-0.2, -0.15) is 0 Å². The summed E-state index contributed by atoms with van der Waals surface area (Å²) in [6.45, 7) is 0.671. The van der Waals surface area contributed by atoms with Crippen LogP contribution in [0.2, 0.25) is 5.02 Å². The van der Waals surface area contributed by atoms with Gasteiger partial charge in [-0.25, -0.2) is 0 Å². The van der Waals surface area contributed by atoms with E-state index in [2.05, 4.69) is 0 Å². The monoisotopic (exact) mass is 324 g/mol. The number of hydrogen-bond acceptors (Lipinski definition) is 3. The second kappa shape index (κ2) is 7.49. The lowest BCUT2D eigenvalue weighted by Crippen LogP contribution is -2.46. The number of primary amides is 1. The summed E-state index contributed by atoms with van der Waals surface area (Å²) in [5, 5.41) is 0.510. The van der Waals surface area contributed by atoms with Crippen LogP contribution in [0.4, 0.5) is 0 Å². The van der Waals surface area contributed by atoms with Gasteiger partial charge in [-0.15, -0.1) is 0 Å². The van der Waals surface area contributed by atoms with Crippen LogP contribution in [0.1, 0.15) is 31.2 Å². The molecular formula is C16H21ClN2O3. The van der Waals surface area contributed by atoms with Crippen molar-refractivity contribution in [1.82, 2.24) is 4.90 Å². The summed E-state index contributed by atoms with van der Waals surface area (Å²) in [4.78, 5) is 25.5. The normalized spacial score (nSPS) is 18.1. The number of halogens is 1. The standard InChI is InChI=1S/C16H21ClN2O3/c1-22-13-6-5-11(14(17)10-13)8-16(21)19-7-3-2-4-12(19)9-15(18)20/h5-6,10,12H,2-4,7-9H2,1H3,(H2,18,20). The fourth-order valence-electron chi connectivity index (χ4n) is 2.84. The van der Waals surface area contributed by atoms with E-state index in [0.717, 1.165) is 24.8 Å². The number of carbonyl (C=O) groups is 2. The number of carbonyl (C=O) groups excluding carboxylic acids is 2. The summed E-state index contributed by atoms with van der Waals surface area (Å²) in [5.74, 6) is 0.274. The number of nitrogens with zero attached hydrogens (tertiary/aromatic N) is 1. The lowest BCUT2D eigenvalue weighted by molar-refractivity contribution is -0.135. The van der Waals surface area contributed by atoms with Gasteiger partial charge in [0.25, 0.3) is 0 Å². The molecule has 1 unspecified atom stereocenters. The summed E-state index contributed by atoms with van der Waals surface area (Å²) in [6.07, 6.45) is 3.24. The van der Waals surface area contributed by atoms with E-state index in [4.69, 9.17) is 22.1 Å². The minimum Gasteiger partial charge on any atom is -0.497 e. The van der Waals surface area contributed by atoms with Crippen molar-refractivity contribution >= 4 is 23.4 Å². The van der Waals surface area contributed by atoms with Crippen LogP contribution < -0.4 is 10.5 Å². The number of piperidine rings is 1. The molecule has 1 aliphatic heterocycles. The average molecular weight is 325 g/mol. The molecule has 120 valence electrons. The van der Waals surface area contributed by atoms with Crippen molar-refractivity contribution in [1.29, 1.82) is 0 Å². The molecule has 1 saturated heterocycles. The largest absolute Gasteiger partial charge is 0.497 e. The van der Waals surface area contributed by atoms with Crippen molar-refractivity contribution in [3.05, 3.63) is 28.8 Å². The third-order valence-corrected chi connectivity index (χ3v) is 4.34. The molecule has 0 aromatic heterocycles. The van der Waals surface area contributed by atoms with Gasteiger partial charge in [0.05, 0.1) is 13.5 Å². The molecule has 0 saturated carbocycles. The highest BCUT2D eigenvalue weighted by Crippen LogP contribution is 2.25. The predicted molar refractivity (Wildman–Crippen MR) is 84.9 cm³/mol. The van der Waals surface area contributed by atoms with Crippen LogP contribution in [0, 0.1) is 0 Å². The molecule has 1 fully saturated rings. The molecule has 2 rings (SSSR count). The van der Waals surface area contributed by atoms with E-state index in [0.29, 0.717) is 17.3 Å². The van der Waals surface area contributed by atoms with E-state index < -0.39 is 0 Å². The SMILES string of the molecule is COc1ccc(CC(=O)N2CCCCC2CC(N)=O)c(Cl)c1. The smallest absolute Gasteiger partial charge is 0.227 e. The second-order valence-corrected chi connectivity index (χ2v) is 5.95. The Morgan fingerprint density at radius 1 is 1.41 bits per heavy atom. The molecule has 1 aromatic carbocycles. The molecular weight excluding hydrogens is 304 g/mol. The summed E-state index contributed by atoms with van der Waals surface area (Å²) < 4.78 is 5.10. The van der Waals surface area contributed by atoms with Crippen molar-refractivity contribution in [2.24, 2.45) is 5.73 Å². The zero-order valence-corrected chi connectivity index (χ0v) is 13.4. The Kier molecular flexibility index (Phi) is 5.66. The van der Waals surface area contributed by atoms with Crippen LogP contribution in [0.15, 0.2) is 18.2 Å². The van der Waals surface area contributed by atoms with E-state index >= 15 is 0 Å². The number of rotatable bonds is 5. The van der Waals surface area contributed by atoms with Gasteiger partial charge in [0.15, 0.2) is 0 Å². The number of nitrogens with two attached hydrogens (primary N) is 1. The molecule has 6 heteroatoms. The van der Waals surface area contributed by atoms with Gasteiger partial charge in [0, 0.05) is 24.0 Å². The quantitative estimate of drug-likeness (QED) is 0.902. The van der Waals surface area contributed by atoms with E-state index in [-0.39, 0.29) is 30.7 Å². The molecule has 0 bridgehead atoms. The Hall–Kier alpha value is -1.75. The summed E-state index contributed by atoms with van der Waals surface area (Å²) >= 11 is 6.19. The highest BCUT2D eigenvalue weighted by atomic mass is 35.5. The van der Waals surface area contributed by atoms with Crippen LogP contribution >= 0.6 is 11.6 Å². The van der Waals surface area contributed by atoms with Crippen molar-refractivity contribution in [2.45, 2.75) is 38.1 Å². The third-order valence-electron chi connectivity index (χ3n) is 3.99. The molecule has 0 aliphatic carbocycles. The number of methoxy groups -OCH3 is 1. The first-order valence-corrected chi connectivity index (χ1v) is 7.79. The zero-order chi connectivity index (χ0) is 16.1. The highest BCUT2D eigenvalue weighted by Gasteiger charge is 2.28. The average Bonchev–Trinajstić information content (AvgIpc) is 2.49. The molecule has 0 radical (unpaired) electrons. The van der Waals surface area contributed by atoms with Crippen LogP contribution in [-0.2, 0) is 16.0 Å². The maximum Gasteiger partial charge on any atom is 0.227 e. The third kappa shape index (κ3) is 4.13. The topological polar surface area (TPSA) is 72.6 Å². The molecule has 5 nitrogen and oxygen atoms in total. The molecule has 0 spiro atoms. The van der Waals surface area contributed by atoms with E-state index in [1.54, 1.807) is 30.2 Å². The van der Waals surface area contributed by atoms with Crippen LogP contribution in [-0.4, -0.2) is 36.4 Å². The van der Waals surface area contributed by atoms with Gasteiger partial charge < -0.3 is 15.4 Å². The van der Waals surface area contributed by atoms with Gasteiger partial charge >= 0.3 is 0 Å². The predicted octanol–water partition coefficient (Wildman–Crippen LogP) is 2.15. The van der Waals surface area contributed by atoms with Gasteiger partial charge in [0.1, 0.15) is 5.75 Å². The number of amides is 2. The van der Waals surface area contributed by atoms with E-state index in [9.17, 15) is 9.59 Å². The molecule has 22 heavy (non-hydrogen) atoms. The van der Waals surface area contributed by atoms with Crippen molar-refractivity contribution in [3.8, 4) is 5.75 Å². The van der Waals surface area contributed by atoms with Gasteiger partial charge in [-0.3, -0.25) is 9.59 Å². The lowest BCUT2D eigenvalue weighted by atomic mass is 9.98. The Labute approximate surface area is 135 Å². The minimum atomic E-state index is -0.368. The Morgan fingerprint density at radius 2 is 2.18 bits per heavy atom. The number of likely N-dealkylation sites (tertiary alicyclic amines) is 1. The van der Waals surface area contributed by atoms with Crippen molar-refractivity contribution < 1.29 is 14.3 Å². The Balaban J connectivity index is 2.08. The first kappa shape index (κ1) is 16.6. The zero-order valence-electron chi connectivity index (χ0n) is 12.7. The minimum absolute atomic E-state index is 0.0157. The lowest BCUT2D eigenvalue weighted by Gasteiger charge is -2.35. The molecule has 1 aliphatic rings. The van der Waals surface area contributed by atoms with E-state index in [1.807, 2.05) is 0 Å². The van der Waals surface area contributed by atoms with Crippen molar-refractivity contribution in [2.75, 3.05) is 13.7 Å². The molecule has 1 aromatic rings. The molecule has 1 atom stereocenters. The Bertz CT molecular complexity index is 562. The number of ether oxygens (including phenoxy) is 1. The molecule has 2 N–H and O–H groups in total. The van der Waals surface area contributed by atoms with Gasteiger partial charge in [-0.1, -0.05) is 17.7 Å². The summed E-state index contributed by atoms with van der Waals surface area (Å²) in [5.41, 5.74) is 6.04. The summed E-state index contributed by atoms with van der Waals surface area (Å²) in [7, 11) is 1.57. The van der Waals surface area contributed by atoms with Crippen LogP contribution in [0.5, 0.6) is 5.75 Å².